The molecule has 3 heteroatoms. The molecule has 1 fully saturated rings. The Kier molecular flexibility index (Phi) is 2.42. The minimum atomic E-state index is 0.148. The molecule has 0 spiro atoms. The van der Waals surface area contributed by atoms with E-state index in [-0.39, 0.29) is 5.54 Å². The molecule has 1 aliphatic rings. The maximum Gasteiger partial charge on any atom is 0.119 e. The number of fused-ring (bicyclic) bond motifs is 1. The highest BCUT2D eigenvalue weighted by Crippen LogP contribution is 2.56. The number of rotatable bonds is 2. The van der Waals surface area contributed by atoms with Gasteiger partial charge in [-0.2, -0.15) is 0 Å². The quantitative estimate of drug-likeness (QED) is 0.636. The van der Waals surface area contributed by atoms with Gasteiger partial charge in [-0.1, -0.05) is 30.3 Å². The van der Waals surface area contributed by atoms with Gasteiger partial charge in [0.2, 0.25) is 0 Å². The molecule has 0 saturated carbocycles. The maximum atomic E-state index is 4.82. The van der Waals surface area contributed by atoms with Crippen LogP contribution in [0.5, 0.6) is 0 Å². The van der Waals surface area contributed by atoms with Crippen molar-refractivity contribution >= 4 is 27.2 Å². The topological polar surface area (TPSA) is 15.9 Å². The fourth-order valence-electron chi connectivity index (χ4n) is 2.98. The first-order chi connectivity index (χ1) is 9.68. The van der Waals surface area contributed by atoms with Crippen LogP contribution in [0.2, 0.25) is 0 Å². The van der Waals surface area contributed by atoms with E-state index in [9.17, 15) is 0 Å². The van der Waals surface area contributed by atoms with Gasteiger partial charge in [-0.25, -0.2) is 4.98 Å². The summed E-state index contributed by atoms with van der Waals surface area (Å²) < 4.78 is 1.28. The Bertz CT molecular complexity index is 728. The van der Waals surface area contributed by atoms with Crippen molar-refractivity contribution in [1.29, 1.82) is 0 Å². The van der Waals surface area contributed by atoms with Crippen molar-refractivity contribution in [3.05, 3.63) is 59.6 Å². The van der Waals surface area contributed by atoms with Crippen molar-refractivity contribution < 1.29 is 0 Å². The molecule has 0 aliphatic carbocycles. The van der Waals surface area contributed by atoms with E-state index in [1.165, 1.54) is 15.4 Å². The molecule has 2 heterocycles. The molecule has 0 unspecified atom stereocenters. The summed E-state index contributed by atoms with van der Waals surface area (Å²) in [5, 5.41) is 1.22. The number of anilines is 1. The standard InChI is InChI=1S/C17H16N2S/c1-17(2)15(19(17)12-8-4-3-5-9-12)16-18-13-10-6-7-11-14(13)20-16/h3-11,15H,1-2H3/t15-,19?/m1/s1. The molecule has 2 aromatic carbocycles. The predicted molar refractivity (Wildman–Crippen MR) is 85.4 cm³/mol. The van der Waals surface area contributed by atoms with E-state index in [4.69, 9.17) is 4.98 Å². The summed E-state index contributed by atoms with van der Waals surface area (Å²) in [5.41, 5.74) is 2.54. The van der Waals surface area contributed by atoms with E-state index in [0.717, 1.165) is 5.52 Å². The van der Waals surface area contributed by atoms with Gasteiger partial charge in [-0.05, 0) is 38.1 Å². The fourth-order valence-corrected chi connectivity index (χ4v) is 4.22. The molecule has 0 amide bonds. The Balaban J connectivity index is 1.75. The summed E-state index contributed by atoms with van der Waals surface area (Å²) >= 11 is 1.82. The Labute approximate surface area is 122 Å². The van der Waals surface area contributed by atoms with E-state index in [1.807, 2.05) is 11.3 Å². The van der Waals surface area contributed by atoms with Gasteiger partial charge >= 0.3 is 0 Å². The van der Waals surface area contributed by atoms with Crippen LogP contribution < -0.4 is 4.90 Å². The molecule has 20 heavy (non-hydrogen) atoms. The summed E-state index contributed by atoms with van der Waals surface area (Å²) in [4.78, 5) is 7.27. The summed E-state index contributed by atoms with van der Waals surface area (Å²) in [6, 6.07) is 19.4. The second-order valence-corrected chi connectivity index (χ2v) is 6.84. The van der Waals surface area contributed by atoms with E-state index < -0.39 is 0 Å². The number of aromatic nitrogens is 1. The summed E-state index contributed by atoms with van der Waals surface area (Å²) in [7, 11) is 0. The van der Waals surface area contributed by atoms with Crippen LogP contribution in [0.25, 0.3) is 10.2 Å². The average molecular weight is 280 g/mol. The summed E-state index contributed by atoms with van der Waals surface area (Å²) in [6.45, 7) is 4.58. The lowest BCUT2D eigenvalue weighted by Crippen LogP contribution is -2.06. The molecule has 0 N–H and O–H groups in total. The van der Waals surface area contributed by atoms with Crippen LogP contribution in [-0.4, -0.2) is 10.5 Å². The summed E-state index contributed by atoms with van der Waals surface area (Å²) in [6.07, 6.45) is 0. The van der Waals surface area contributed by atoms with Gasteiger partial charge in [0.25, 0.3) is 0 Å². The van der Waals surface area contributed by atoms with E-state index in [0.29, 0.717) is 6.04 Å². The van der Waals surface area contributed by atoms with E-state index in [2.05, 4.69) is 73.3 Å². The van der Waals surface area contributed by atoms with Gasteiger partial charge in [0.15, 0.2) is 0 Å². The monoisotopic (exact) mass is 280 g/mol. The molecule has 1 aromatic heterocycles. The van der Waals surface area contributed by atoms with Gasteiger partial charge in [-0.15, -0.1) is 11.3 Å². The van der Waals surface area contributed by atoms with Crippen LogP contribution in [0.15, 0.2) is 54.6 Å². The second kappa shape index (κ2) is 4.06. The van der Waals surface area contributed by atoms with Crippen molar-refractivity contribution in [1.82, 2.24) is 4.98 Å². The summed E-state index contributed by atoms with van der Waals surface area (Å²) in [5.74, 6) is 0. The molecule has 1 aliphatic heterocycles. The van der Waals surface area contributed by atoms with Crippen molar-refractivity contribution in [2.24, 2.45) is 0 Å². The van der Waals surface area contributed by atoms with Gasteiger partial charge in [0.1, 0.15) is 11.0 Å². The van der Waals surface area contributed by atoms with Crippen LogP contribution in [0, 0.1) is 0 Å². The zero-order chi connectivity index (χ0) is 13.7. The van der Waals surface area contributed by atoms with Crippen LogP contribution in [-0.2, 0) is 0 Å². The fraction of sp³-hybridized carbons (Fsp3) is 0.235. The van der Waals surface area contributed by atoms with Crippen molar-refractivity contribution in [3.63, 3.8) is 0 Å². The first-order valence-corrected chi connectivity index (χ1v) is 7.69. The lowest BCUT2D eigenvalue weighted by molar-refractivity contribution is 0.766. The van der Waals surface area contributed by atoms with E-state index >= 15 is 0 Å². The Hall–Kier alpha value is -1.87. The molecule has 4 rings (SSSR count). The minimum Gasteiger partial charge on any atom is -0.352 e. The SMILES string of the molecule is CC1(C)[C@@H](c2nc3ccccc3s2)N1c1ccccc1. The zero-order valence-electron chi connectivity index (χ0n) is 11.6. The second-order valence-electron chi connectivity index (χ2n) is 5.78. The highest BCUT2D eigenvalue weighted by atomic mass is 32.1. The maximum absolute atomic E-state index is 4.82. The molecule has 1 atom stereocenters. The molecule has 1 saturated heterocycles. The first kappa shape index (κ1) is 11.9. The van der Waals surface area contributed by atoms with Gasteiger partial charge < -0.3 is 4.90 Å². The number of hydrogen-bond donors (Lipinski definition) is 0. The Morgan fingerprint density at radius 3 is 2.45 bits per heavy atom. The third-order valence-corrected chi connectivity index (χ3v) is 5.15. The van der Waals surface area contributed by atoms with Crippen molar-refractivity contribution in [3.8, 4) is 0 Å². The Morgan fingerprint density at radius 1 is 1.00 bits per heavy atom. The molecular formula is C17H16N2S. The predicted octanol–water partition coefficient (Wildman–Crippen LogP) is 4.64. The smallest absolute Gasteiger partial charge is 0.119 e. The third kappa shape index (κ3) is 1.66. The van der Waals surface area contributed by atoms with E-state index in [1.54, 1.807) is 0 Å². The molecule has 0 bridgehead atoms. The van der Waals surface area contributed by atoms with Crippen LogP contribution in [0.3, 0.4) is 0 Å². The highest BCUT2D eigenvalue weighted by Gasteiger charge is 2.57. The number of benzene rings is 2. The van der Waals surface area contributed by atoms with Gasteiger partial charge in [0.05, 0.1) is 15.8 Å². The average Bonchev–Trinajstić information content (AvgIpc) is 2.83. The Morgan fingerprint density at radius 2 is 1.70 bits per heavy atom. The zero-order valence-corrected chi connectivity index (χ0v) is 12.4. The normalized spacial score (nSPS) is 20.3. The van der Waals surface area contributed by atoms with Gasteiger partial charge in [0, 0.05) is 5.69 Å². The lowest BCUT2D eigenvalue weighted by Gasteiger charge is -2.07. The number of para-hydroxylation sites is 2. The van der Waals surface area contributed by atoms with Crippen LogP contribution in [0.4, 0.5) is 5.69 Å². The largest absolute Gasteiger partial charge is 0.352 e. The number of nitrogens with zero attached hydrogens (tertiary/aromatic N) is 2. The van der Waals surface area contributed by atoms with Crippen LogP contribution in [0.1, 0.15) is 24.9 Å². The molecular weight excluding hydrogens is 264 g/mol. The van der Waals surface area contributed by atoms with Crippen molar-refractivity contribution in [2.45, 2.75) is 25.4 Å². The van der Waals surface area contributed by atoms with Gasteiger partial charge in [-0.3, -0.25) is 0 Å². The van der Waals surface area contributed by atoms with Crippen molar-refractivity contribution in [2.75, 3.05) is 4.90 Å². The number of hydrogen-bond acceptors (Lipinski definition) is 3. The molecule has 2 nitrogen and oxygen atoms in total. The molecule has 3 aromatic rings. The highest BCUT2D eigenvalue weighted by molar-refractivity contribution is 7.18. The first-order valence-electron chi connectivity index (χ1n) is 6.88. The van der Waals surface area contributed by atoms with Crippen LogP contribution >= 0.6 is 11.3 Å². The molecule has 0 radical (unpaired) electrons. The third-order valence-electron chi connectivity index (χ3n) is 4.06. The molecule has 100 valence electrons. The lowest BCUT2D eigenvalue weighted by atomic mass is 10.1. The number of thiazole rings is 1. The minimum absolute atomic E-state index is 0.148.